The first-order valence-electron chi connectivity index (χ1n) is 12.1. The average Bonchev–Trinajstić information content (AvgIpc) is 3.30. The van der Waals surface area contributed by atoms with Gasteiger partial charge in [-0.05, 0) is 37.5 Å². The molecule has 0 aromatic heterocycles. The van der Waals surface area contributed by atoms with Crippen LogP contribution in [-0.2, 0) is 23.9 Å². The van der Waals surface area contributed by atoms with Crippen LogP contribution in [0.1, 0.15) is 44.0 Å². The van der Waals surface area contributed by atoms with E-state index < -0.39 is 47.9 Å². The van der Waals surface area contributed by atoms with Gasteiger partial charge in [-0.15, -0.1) is 0 Å². The molecule has 1 fully saturated rings. The lowest BCUT2D eigenvalue weighted by Crippen LogP contribution is -2.56. The van der Waals surface area contributed by atoms with E-state index in [-0.39, 0.29) is 48.4 Å². The molecule has 1 aromatic rings. The van der Waals surface area contributed by atoms with Crippen molar-refractivity contribution in [2.45, 2.75) is 57.8 Å². The number of carbonyl (C=O) groups excluding carboxylic acids is 5. The second-order valence-electron chi connectivity index (χ2n) is 9.48. The summed E-state index contributed by atoms with van der Waals surface area (Å²) in [6.45, 7) is 5.03. The molecule has 1 aromatic carbocycles. The number of carbonyl (C=O) groups is 5. The van der Waals surface area contributed by atoms with Crippen LogP contribution in [-0.4, -0.2) is 86.0 Å². The Hall–Kier alpha value is -3.83. The van der Waals surface area contributed by atoms with Crippen molar-refractivity contribution >= 4 is 29.6 Å². The van der Waals surface area contributed by atoms with Crippen molar-refractivity contribution in [1.29, 1.82) is 0 Å². The molecule has 0 aliphatic carbocycles. The molecule has 3 N–H and O–H groups in total. The highest BCUT2D eigenvalue weighted by atomic mass is 16.6. The molecule has 37 heavy (non-hydrogen) atoms. The fourth-order valence-corrected chi connectivity index (χ4v) is 4.23. The van der Waals surface area contributed by atoms with E-state index in [1.165, 1.54) is 31.3 Å². The maximum absolute atomic E-state index is 13.3. The third kappa shape index (κ3) is 6.69. The summed E-state index contributed by atoms with van der Waals surface area (Å²) < 4.78 is 16.1. The summed E-state index contributed by atoms with van der Waals surface area (Å²) in [5.41, 5.74) is 0.250. The zero-order chi connectivity index (χ0) is 27.3. The lowest BCUT2D eigenvalue weighted by Gasteiger charge is -2.33. The van der Waals surface area contributed by atoms with Crippen LogP contribution in [0.5, 0.6) is 11.5 Å². The van der Waals surface area contributed by atoms with Crippen molar-refractivity contribution in [1.82, 2.24) is 20.9 Å². The molecule has 4 atom stereocenters. The summed E-state index contributed by atoms with van der Waals surface area (Å²) in [6, 6.07) is 2.41. The monoisotopic (exact) mass is 518 g/mol. The predicted octanol–water partition coefficient (Wildman–Crippen LogP) is -0.00450. The van der Waals surface area contributed by atoms with E-state index in [1.54, 1.807) is 13.0 Å². The molecule has 0 spiro atoms. The number of fused-ring (bicyclic) bond motifs is 2. The molecule has 4 amide bonds. The first-order chi connectivity index (χ1) is 17.5. The number of nitrogens with zero attached hydrogens (tertiary/aromatic N) is 1. The lowest BCUT2D eigenvalue weighted by atomic mass is 10.0. The number of methoxy groups -OCH3 is 2. The highest BCUT2D eigenvalue weighted by Crippen LogP contribution is 2.30. The van der Waals surface area contributed by atoms with Crippen molar-refractivity contribution in [3.05, 3.63) is 23.8 Å². The molecular weight excluding hydrogens is 484 g/mol. The topological polar surface area (TPSA) is 152 Å². The zero-order valence-corrected chi connectivity index (χ0v) is 21.7. The largest absolute Gasteiger partial charge is 0.493 e. The standard InChI is InChI=1S/C25H34N4O8/c1-13(2)17-11-29(24(33)16-7-9-20(30)27-16)12-21(31)26-14(3)22(25(34)36-5)37-19-10-15(23(32)28-17)6-8-18(19)35-4/h6,8,10,13-14,16-17,22H,7,9,11-12H2,1-5H3,(H,26,31)(H,27,30)(H,28,32)/t14-,16-,17?,22?/m0/s1. The van der Waals surface area contributed by atoms with Gasteiger partial charge in [0.25, 0.3) is 5.91 Å². The molecule has 12 heteroatoms. The minimum atomic E-state index is -1.27. The van der Waals surface area contributed by atoms with E-state index in [1.807, 2.05) is 13.8 Å². The van der Waals surface area contributed by atoms with Gasteiger partial charge in [0.2, 0.25) is 23.8 Å². The van der Waals surface area contributed by atoms with Gasteiger partial charge in [-0.25, -0.2) is 4.79 Å². The van der Waals surface area contributed by atoms with Crippen molar-refractivity contribution in [2.24, 2.45) is 5.92 Å². The summed E-state index contributed by atoms with van der Waals surface area (Å²) in [6.07, 6.45) is -0.737. The lowest BCUT2D eigenvalue weighted by molar-refractivity contribution is -0.150. The minimum Gasteiger partial charge on any atom is -0.493 e. The SMILES string of the molecule is COC(=O)C1Oc2cc(ccc2OC)C(=O)NC(C(C)C)CN(C(=O)[C@@H]2CCC(=O)N2)CC(=O)N[C@H]1C. The highest BCUT2D eigenvalue weighted by Gasteiger charge is 2.36. The first kappa shape index (κ1) is 27.8. The van der Waals surface area contributed by atoms with E-state index in [4.69, 9.17) is 14.2 Å². The second kappa shape index (κ2) is 11.9. The smallest absolute Gasteiger partial charge is 0.349 e. The summed E-state index contributed by atoms with van der Waals surface area (Å²) in [5.74, 6) is -2.08. The third-order valence-electron chi connectivity index (χ3n) is 6.43. The molecule has 2 aliphatic rings. The Bertz CT molecular complexity index is 1060. The van der Waals surface area contributed by atoms with Gasteiger partial charge in [-0.1, -0.05) is 13.8 Å². The molecule has 1 saturated heterocycles. The molecule has 2 bridgehead atoms. The average molecular weight is 519 g/mol. The number of ether oxygens (including phenoxy) is 3. The van der Waals surface area contributed by atoms with Crippen LogP contribution in [0.15, 0.2) is 18.2 Å². The number of esters is 1. The number of rotatable bonds is 4. The molecule has 3 rings (SSSR count). The van der Waals surface area contributed by atoms with Gasteiger partial charge in [0.15, 0.2) is 11.5 Å². The van der Waals surface area contributed by atoms with Crippen LogP contribution in [0.3, 0.4) is 0 Å². The summed E-state index contributed by atoms with van der Waals surface area (Å²) in [5, 5.41) is 8.27. The van der Waals surface area contributed by atoms with Crippen LogP contribution in [0, 0.1) is 5.92 Å². The number of hydrogen-bond acceptors (Lipinski definition) is 8. The molecule has 0 radical (unpaired) electrons. The fraction of sp³-hybridized carbons (Fsp3) is 0.560. The van der Waals surface area contributed by atoms with Gasteiger partial charge < -0.3 is 35.1 Å². The van der Waals surface area contributed by atoms with E-state index in [0.29, 0.717) is 6.42 Å². The Labute approximate surface area is 215 Å². The van der Waals surface area contributed by atoms with Gasteiger partial charge in [-0.3, -0.25) is 19.2 Å². The number of amides is 4. The molecule has 12 nitrogen and oxygen atoms in total. The van der Waals surface area contributed by atoms with E-state index in [0.717, 1.165) is 0 Å². The Morgan fingerprint density at radius 2 is 1.81 bits per heavy atom. The van der Waals surface area contributed by atoms with Crippen LogP contribution in [0.2, 0.25) is 0 Å². The second-order valence-corrected chi connectivity index (χ2v) is 9.48. The summed E-state index contributed by atoms with van der Waals surface area (Å²) >= 11 is 0. The fourth-order valence-electron chi connectivity index (χ4n) is 4.23. The molecule has 2 heterocycles. The van der Waals surface area contributed by atoms with E-state index >= 15 is 0 Å². The van der Waals surface area contributed by atoms with Crippen molar-refractivity contribution in [3.63, 3.8) is 0 Å². The Morgan fingerprint density at radius 1 is 1.08 bits per heavy atom. The van der Waals surface area contributed by atoms with Crippen LogP contribution in [0.4, 0.5) is 0 Å². The predicted molar refractivity (Wildman–Crippen MR) is 131 cm³/mol. The van der Waals surface area contributed by atoms with E-state index in [2.05, 4.69) is 16.0 Å². The summed E-state index contributed by atoms with van der Waals surface area (Å²) in [7, 11) is 2.61. The van der Waals surface area contributed by atoms with Gasteiger partial charge in [0.05, 0.1) is 26.8 Å². The van der Waals surface area contributed by atoms with Crippen molar-refractivity contribution < 1.29 is 38.2 Å². The third-order valence-corrected chi connectivity index (χ3v) is 6.43. The van der Waals surface area contributed by atoms with Gasteiger partial charge in [0, 0.05) is 24.6 Å². The molecule has 2 aliphatic heterocycles. The van der Waals surface area contributed by atoms with Crippen LogP contribution >= 0.6 is 0 Å². The molecule has 0 saturated carbocycles. The highest BCUT2D eigenvalue weighted by molar-refractivity contribution is 5.96. The van der Waals surface area contributed by atoms with Crippen LogP contribution < -0.4 is 25.4 Å². The van der Waals surface area contributed by atoms with Crippen LogP contribution in [0.25, 0.3) is 0 Å². The van der Waals surface area contributed by atoms with Crippen molar-refractivity contribution in [2.75, 3.05) is 27.3 Å². The normalized spacial score (nSPS) is 24.8. The van der Waals surface area contributed by atoms with Gasteiger partial charge >= 0.3 is 5.97 Å². The quantitative estimate of drug-likeness (QED) is 0.471. The molecule has 2 unspecified atom stereocenters. The zero-order valence-electron chi connectivity index (χ0n) is 21.7. The Kier molecular flexibility index (Phi) is 8.95. The minimum absolute atomic E-state index is 0.0380. The molecular formula is C25H34N4O8. The van der Waals surface area contributed by atoms with E-state index in [9.17, 15) is 24.0 Å². The first-order valence-corrected chi connectivity index (χ1v) is 12.1. The number of benzene rings is 1. The molecule has 202 valence electrons. The van der Waals surface area contributed by atoms with Crippen molar-refractivity contribution in [3.8, 4) is 11.5 Å². The summed E-state index contributed by atoms with van der Waals surface area (Å²) in [4.78, 5) is 65.1. The number of nitrogens with one attached hydrogen (secondary N) is 3. The maximum atomic E-state index is 13.3. The maximum Gasteiger partial charge on any atom is 0.349 e. The van der Waals surface area contributed by atoms with Gasteiger partial charge in [0.1, 0.15) is 6.04 Å². The Morgan fingerprint density at radius 3 is 2.41 bits per heavy atom. The Balaban J connectivity index is 2.02. The van der Waals surface area contributed by atoms with Gasteiger partial charge in [-0.2, -0.15) is 0 Å². The number of hydrogen-bond donors (Lipinski definition) is 3.